The van der Waals surface area contributed by atoms with Gasteiger partial charge in [0.05, 0.1) is 22.8 Å². The van der Waals surface area contributed by atoms with E-state index in [1.807, 2.05) is 24.3 Å². The summed E-state index contributed by atoms with van der Waals surface area (Å²) in [6.07, 6.45) is 3.09. The van der Waals surface area contributed by atoms with Gasteiger partial charge in [0.15, 0.2) is 0 Å². The molecular weight excluding hydrogens is 302 g/mol. The number of carbonyl (C=O) groups is 1. The van der Waals surface area contributed by atoms with Crippen LogP contribution in [0.1, 0.15) is 16.2 Å². The molecule has 0 aliphatic heterocycles. The Morgan fingerprint density at radius 2 is 2.14 bits per heavy atom. The first-order valence-electron chi connectivity index (χ1n) is 6.57. The first-order chi connectivity index (χ1) is 10.7. The van der Waals surface area contributed by atoms with Crippen molar-refractivity contribution in [3.05, 3.63) is 65.3 Å². The van der Waals surface area contributed by atoms with Crippen molar-refractivity contribution in [3.63, 3.8) is 0 Å². The zero-order valence-corrected chi connectivity index (χ0v) is 12.2. The first-order valence-corrected chi connectivity index (χ1v) is 6.95. The molecule has 0 saturated heterocycles. The lowest BCUT2D eigenvalue weighted by Gasteiger charge is -2.08. The molecular formula is C15H12ClN5O. The van der Waals surface area contributed by atoms with Crippen LogP contribution in [-0.4, -0.2) is 26.1 Å². The molecule has 1 aromatic carbocycles. The van der Waals surface area contributed by atoms with Gasteiger partial charge in [0.25, 0.3) is 5.91 Å². The molecule has 0 aliphatic rings. The second kappa shape index (κ2) is 6.36. The minimum atomic E-state index is -0.279. The first kappa shape index (κ1) is 14.2. The molecule has 0 aliphatic carbocycles. The van der Waals surface area contributed by atoms with Gasteiger partial charge in [-0.05, 0) is 24.3 Å². The fourth-order valence-electron chi connectivity index (χ4n) is 1.97. The minimum Gasteiger partial charge on any atom is -0.345 e. The summed E-state index contributed by atoms with van der Waals surface area (Å²) < 4.78 is 0. The Bertz CT molecular complexity index is 774. The van der Waals surface area contributed by atoms with E-state index in [1.165, 1.54) is 6.33 Å². The highest BCUT2D eigenvalue weighted by molar-refractivity contribution is 6.34. The van der Waals surface area contributed by atoms with Crippen LogP contribution < -0.4 is 5.32 Å². The van der Waals surface area contributed by atoms with Gasteiger partial charge in [-0.15, -0.1) is 0 Å². The summed E-state index contributed by atoms with van der Waals surface area (Å²) in [5, 5.41) is 9.53. The van der Waals surface area contributed by atoms with Crippen LogP contribution in [0.2, 0.25) is 5.02 Å². The monoisotopic (exact) mass is 313 g/mol. The number of amides is 1. The van der Waals surface area contributed by atoms with Gasteiger partial charge in [0.2, 0.25) is 0 Å². The molecule has 3 rings (SSSR count). The fraction of sp³-hybridized carbons (Fsp3) is 0.0667. The number of rotatable bonds is 4. The maximum Gasteiger partial charge on any atom is 0.253 e. The third-order valence-corrected chi connectivity index (χ3v) is 3.38. The Morgan fingerprint density at radius 1 is 1.23 bits per heavy atom. The topological polar surface area (TPSA) is 83.6 Å². The van der Waals surface area contributed by atoms with Crippen LogP contribution in [0, 0.1) is 0 Å². The maximum atomic E-state index is 12.3. The Balaban J connectivity index is 1.82. The van der Waals surface area contributed by atoms with E-state index in [1.54, 1.807) is 18.3 Å². The fourth-order valence-corrected chi connectivity index (χ4v) is 2.17. The van der Waals surface area contributed by atoms with Crippen LogP contribution >= 0.6 is 11.6 Å². The average Bonchev–Trinajstić information content (AvgIpc) is 3.07. The standard InChI is InChI=1S/C15H12ClN5O/c16-12-5-4-10(13-3-1-2-6-17-13)7-11(12)15(22)18-8-14-19-9-20-21-14/h1-7,9H,8H2,(H,18,22)(H,19,20,21). The SMILES string of the molecule is O=C(NCc1ncn[nH]1)c1cc(-c2ccccn2)ccc1Cl. The Labute approximate surface area is 131 Å². The van der Waals surface area contributed by atoms with E-state index in [2.05, 4.69) is 25.5 Å². The lowest BCUT2D eigenvalue weighted by molar-refractivity contribution is 0.0950. The van der Waals surface area contributed by atoms with Gasteiger partial charge in [0.1, 0.15) is 12.2 Å². The predicted octanol–water partition coefficient (Wildman–Crippen LogP) is 2.45. The minimum absolute atomic E-state index is 0.253. The smallest absolute Gasteiger partial charge is 0.253 e. The third kappa shape index (κ3) is 3.12. The molecule has 0 saturated carbocycles. The van der Waals surface area contributed by atoms with Crippen molar-refractivity contribution in [3.8, 4) is 11.3 Å². The molecule has 0 fully saturated rings. The highest BCUT2D eigenvalue weighted by atomic mass is 35.5. The number of halogens is 1. The van der Waals surface area contributed by atoms with E-state index in [-0.39, 0.29) is 12.5 Å². The number of hydrogen-bond donors (Lipinski definition) is 2. The zero-order chi connectivity index (χ0) is 15.4. The van der Waals surface area contributed by atoms with Gasteiger partial charge < -0.3 is 5.32 Å². The van der Waals surface area contributed by atoms with Crippen LogP contribution in [0.15, 0.2) is 48.9 Å². The van der Waals surface area contributed by atoms with Crippen LogP contribution in [0.25, 0.3) is 11.3 Å². The molecule has 6 nitrogen and oxygen atoms in total. The number of aromatic amines is 1. The Morgan fingerprint density at radius 3 is 2.86 bits per heavy atom. The Hall–Kier alpha value is -2.73. The molecule has 0 bridgehead atoms. The zero-order valence-electron chi connectivity index (χ0n) is 11.5. The van der Waals surface area contributed by atoms with E-state index in [0.717, 1.165) is 11.3 Å². The van der Waals surface area contributed by atoms with Crippen LogP contribution in [0.4, 0.5) is 0 Å². The molecule has 2 heterocycles. The molecule has 7 heteroatoms. The van der Waals surface area contributed by atoms with E-state index in [0.29, 0.717) is 16.4 Å². The molecule has 3 aromatic rings. The molecule has 0 atom stereocenters. The second-order valence-electron chi connectivity index (χ2n) is 4.52. The normalized spacial score (nSPS) is 10.4. The molecule has 0 unspecified atom stereocenters. The second-order valence-corrected chi connectivity index (χ2v) is 4.93. The number of nitrogens with zero attached hydrogens (tertiary/aromatic N) is 3. The quantitative estimate of drug-likeness (QED) is 0.775. The molecule has 22 heavy (non-hydrogen) atoms. The summed E-state index contributed by atoms with van der Waals surface area (Å²) in [7, 11) is 0. The summed E-state index contributed by atoms with van der Waals surface area (Å²) in [6.45, 7) is 0.253. The highest BCUT2D eigenvalue weighted by Crippen LogP contribution is 2.23. The number of carbonyl (C=O) groups excluding carboxylic acids is 1. The van der Waals surface area contributed by atoms with E-state index in [9.17, 15) is 4.79 Å². The highest BCUT2D eigenvalue weighted by Gasteiger charge is 2.12. The van der Waals surface area contributed by atoms with Crippen molar-refractivity contribution in [1.29, 1.82) is 0 Å². The van der Waals surface area contributed by atoms with Crippen molar-refractivity contribution in [2.24, 2.45) is 0 Å². The van der Waals surface area contributed by atoms with Gasteiger partial charge in [-0.1, -0.05) is 23.7 Å². The van der Waals surface area contributed by atoms with Gasteiger partial charge in [-0.3, -0.25) is 14.9 Å². The summed E-state index contributed by atoms with van der Waals surface area (Å²) in [4.78, 5) is 20.5. The summed E-state index contributed by atoms with van der Waals surface area (Å²) in [5.41, 5.74) is 2.00. The summed E-state index contributed by atoms with van der Waals surface area (Å²) in [5.74, 6) is 0.296. The van der Waals surface area contributed by atoms with Gasteiger partial charge >= 0.3 is 0 Å². The van der Waals surface area contributed by atoms with Crippen molar-refractivity contribution >= 4 is 17.5 Å². The number of nitrogens with one attached hydrogen (secondary N) is 2. The lowest BCUT2D eigenvalue weighted by Crippen LogP contribution is -2.23. The third-order valence-electron chi connectivity index (χ3n) is 3.05. The van der Waals surface area contributed by atoms with Gasteiger partial charge in [-0.2, -0.15) is 5.10 Å². The van der Waals surface area contributed by atoms with Gasteiger partial charge in [0, 0.05) is 11.8 Å². The van der Waals surface area contributed by atoms with Crippen molar-refractivity contribution in [2.45, 2.75) is 6.54 Å². The van der Waals surface area contributed by atoms with E-state index >= 15 is 0 Å². The molecule has 2 aromatic heterocycles. The molecule has 1 amide bonds. The summed E-state index contributed by atoms with van der Waals surface area (Å²) in [6, 6.07) is 10.8. The number of H-pyrrole nitrogens is 1. The van der Waals surface area contributed by atoms with Crippen molar-refractivity contribution < 1.29 is 4.79 Å². The number of aromatic nitrogens is 4. The largest absolute Gasteiger partial charge is 0.345 e. The molecule has 2 N–H and O–H groups in total. The molecule has 110 valence electrons. The van der Waals surface area contributed by atoms with E-state index in [4.69, 9.17) is 11.6 Å². The van der Waals surface area contributed by atoms with Crippen LogP contribution in [-0.2, 0) is 6.54 Å². The number of benzene rings is 1. The van der Waals surface area contributed by atoms with Crippen LogP contribution in [0.3, 0.4) is 0 Å². The van der Waals surface area contributed by atoms with E-state index < -0.39 is 0 Å². The summed E-state index contributed by atoms with van der Waals surface area (Å²) >= 11 is 6.12. The van der Waals surface area contributed by atoms with Crippen molar-refractivity contribution in [2.75, 3.05) is 0 Å². The molecule has 0 radical (unpaired) electrons. The van der Waals surface area contributed by atoms with Crippen molar-refractivity contribution in [1.82, 2.24) is 25.5 Å². The maximum absolute atomic E-state index is 12.3. The number of pyridine rings is 1. The number of hydrogen-bond acceptors (Lipinski definition) is 4. The predicted molar refractivity (Wildman–Crippen MR) is 82.2 cm³/mol. The lowest BCUT2D eigenvalue weighted by atomic mass is 10.1. The van der Waals surface area contributed by atoms with Gasteiger partial charge in [-0.25, -0.2) is 4.98 Å². The van der Waals surface area contributed by atoms with Crippen LogP contribution in [0.5, 0.6) is 0 Å². The Kier molecular flexibility index (Phi) is 4.11. The average molecular weight is 314 g/mol. The molecule has 0 spiro atoms.